The Bertz CT molecular complexity index is 370. The van der Waals surface area contributed by atoms with Crippen LogP contribution in [-0.2, 0) is 4.79 Å². The molecule has 0 aromatic rings. The van der Waals surface area contributed by atoms with Crippen LogP contribution in [0.1, 0.15) is 71.1 Å². The Morgan fingerprint density at radius 2 is 1.67 bits per heavy atom. The van der Waals surface area contributed by atoms with Gasteiger partial charge in [-0.3, -0.25) is 0 Å². The first-order valence-electron chi connectivity index (χ1n) is 8.41. The molecule has 0 atom stereocenters. The second-order valence-corrected chi connectivity index (χ2v) is 6.46. The van der Waals surface area contributed by atoms with Gasteiger partial charge in [0.05, 0.1) is 0 Å². The molecule has 5 heteroatoms. The summed E-state index contributed by atoms with van der Waals surface area (Å²) in [5.74, 6) is -0.875. The fourth-order valence-electron chi connectivity index (χ4n) is 3.78. The molecule has 2 rings (SSSR count). The summed E-state index contributed by atoms with van der Waals surface area (Å²) in [6.07, 6.45) is 9.40. The zero-order valence-electron chi connectivity index (χ0n) is 13.1. The van der Waals surface area contributed by atoms with Gasteiger partial charge in [-0.1, -0.05) is 38.5 Å². The molecular weight excluding hydrogens is 268 g/mol. The van der Waals surface area contributed by atoms with Gasteiger partial charge in [0, 0.05) is 12.6 Å². The second kappa shape index (κ2) is 7.14. The van der Waals surface area contributed by atoms with Crippen LogP contribution < -0.4 is 5.32 Å². The maximum Gasteiger partial charge on any atom is 0.329 e. The molecule has 2 N–H and O–H groups in total. The van der Waals surface area contributed by atoms with Crippen LogP contribution in [0.25, 0.3) is 0 Å². The predicted molar refractivity (Wildman–Crippen MR) is 81.2 cm³/mol. The van der Waals surface area contributed by atoms with E-state index in [0.29, 0.717) is 19.4 Å². The molecular formula is C16H28N2O3. The first-order valence-corrected chi connectivity index (χ1v) is 8.41. The lowest BCUT2D eigenvalue weighted by molar-refractivity contribution is -0.145. The third-order valence-corrected chi connectivity index (χ3v) is 5.08. The lowest BCUT2D eigenvalue weighted by Crippen LogP contribution is -2.59. The molecule has 0 aliphatic heterocycles. The Hall–Kier alpha value is -1.26. The lowest BCUT2D eigenvalue weighted by Gasteiger charge is -2.35. The third-order valence-electron chi connectivity index (χ3n) is 5.08. The predicted octanol–water partition coefficient (Wildman–Crippen LogP) is 3.14. The van der Waals surface area contributed by atoms with Gasteiger partial charge in [-0.05, 0) is 32.6 Å². The zero-order valence-corrected chi connectivity index (χ0v) is 13.1. The van der Waals surface area contributed by atoms with Crippen LogP contribution >= 0.6 is 0 Å². The summed E-state index contributed by atoms with van der Waals surface area (Å²) in [5, 5.41) is 12.5. The number of hydrogen-bond acceptors (Lipinski definition) is 2. The van der Waals surface area contributed by atoms with Gasteiger partial charge in [-0.15, -0.1) is 0 Å². The van der Waals surface area contributed by atoms with E-state index in [1.165, 1.54) is 12.8 Å². The Morgan fingerprint density at radius 1 is 1.10 bits per heavy atom. The van der Waals surface area contributed by atoms with Crippen LogP contribution in [0, 0.1) is 0 Å². The molecule has 0 bridgehead atoms. The molecule has 5 nitrogen and oxygen atoms in total. The van der Waals surface area contributed by atoms with Crippen molar-refractivity contribution < 1.29 is 14.7 Å². The molecule has 120 valence electrons. The summed E-state index contributed by atoms with van der Waals surface area (Å²) in [7, 11) is 0. The zero-order chi connectivity index (χ0) is 15.3. The minimum absolute atomic E-state index is 0.186. The van der Waals surface area contributed by atoms with Gasteiger partial charge in [0.1, 0.15) is 5.54 Å². The largest absolute Gasteiger partial charge is 0.480 e. The van der Waals surface area contributed by atoms with Gasteiger partial charge in [0.25, 0.3) is 0 Å². The van der Waals surface area contributed by atoms with Crippen molar-refractivity contribution >= 4 is 12.0 Å². The van der Waals surface area contributed by atoms with E-state index in [9.17, 15) is 14.7 Å². The molecule has 21 heavy (non-hydrogen) atoms. The number of urea groups is 1. The lowest BCUT2D eigenvalue weighted by atomic mass is 9.90. The SMILES string of the molecule is CCN(C(=O)NC1(C(=O)O)CCCCCC1)C1CCCC1. The topological polar surface area (TPSA) is 69.6 Å². The molecule has 0 spiro atoms. The highest BCUT2D eigenvalue weighted by atomic mass is 16.4. The second-order valence-electron chi connectivity index (χ2n) is 6.46. The Kier molecular flexibility index (Phi) is 5.48. The number of nitrogens with zero attached hydrogens (tertiary/aromatic N) is 1. The van der Waals surface area contributed by atoms with Crippen molar-refractivity contribution in [2.45, 2.75) is 82.7 Å². The van der Waals surface area contributed by atoms with E-state index in [1.54, 1.807) is 0 Å². The molecule has 0 aromatic heterocycles. The van der Waals surface area contributed by atoms with Crippen LogP contribution in [0.5, 0.6) is 0 Å². The molecule has 2 amide bonds. The van der Waals surface area contributed by atoms with E-state index in [4.69, 9.17) is 0 Å². The minimum Gasteiger partial charge on any atom is -0.480 e. The number of nitrogens with one attached hydrogen (secondary N) is 1. The van der Waals surface area contributed by atoms with Gasteiger partial charge in [-0.25, -0.2) is 9.59 Å². The van der Waals surface area contributed by atoms with Gasteiger partial charge in [0.2, 0.25) is 0 Å². The van der Waals surface area contributed by atoms with E-state index in [-0.39, 0.29) is 12.1 Å². The smallest absolute Gasteiger partial charge is 0.329 e. The highest BCUT2D eigenvalue weighted by Crippen LogP contribution is 2.29. The average Bonchev–Trinajstić information content (AvgIpc) is 2.86. The average molecular weight is 296 g/mol. The quantitative estimate of drug-likeness (QED) is 0.783. The molecule has 0 saturated heterocycles. The Balaban J connectivity index is 2.07. The highest BCUT2D eigenvalue weighted by molar-refractivity contribution is 5.86. The molecule has 0 unspecified atom stereocenters. The van der Waals surface area contributed by atoms with Gasteiger partial charge in [0.15, 0.2) is 0 Å². The minimum atomic E-state index is -1.06. The summed E-state index contributed by atoms with van der Waals surface area (Å²) in [6.45, 7) is 2.62. The molecule has 0 heterocycles. The number of carbonyl (C=O) groups excluding carboxylic acids is 1. The standard InChI is InChI=1S/C16H28N2O3/c1-2-18(13-9-5-6-10-13)15(21)17-16(14(19)20)11-7-3-4-8-12-16/h13H,2-12H2,1H3,(H,17,21)(H,19,20). The normalized spacial score (nSPS) is 22.5. The van der Waals surface area contributed by atoms with Crippen molar-refractivity contribution in [2.24, 2.45) is 0 Å². The van der Waals surface area contributed by atoms with E-state index in [1.807, 2.05) is 11.8 Å². The highest BCUT2D eigenvalue weighted by Gasteiger charge is 2.41. The van der Waals surface area contributed by atoms with Crippen LogP contribution in [-0.4, -0.2) is 40.1 Å². The molecule has 0 aromatic carbocycles. The number of amides is 2. The van der Waals surface area contributed by atoms with E-state index < -0.39 is 11.5 Å². The van der Waals surface area contributed by atoms with Crippen LogP contribution in [0.15, 0.2) is 0 Å². The van der Waals surface area contributed by atoms with Crippen molar-refractivity contribution in [1.82, 2.24) is 10.2 Å². The molecule has 2 saturated carbocycles. The number of hydrogen-bond donors (Lipinski definition) is 2. The van der Waals surface area contributed by atoms with Crippen molar-refractivity contribution in [3.8, 4) is 0 Å². The monoisotopic (exact) mass is 296 g/mol. The summed E-state index contributed by atoms with van der Waals surface area (Å²) < 4.78 is 0. The number of carboxylic acid groups (broad SMARTS) is 1. The van der Waals surface area contributed by atoms with Gasteiger partial charge < -0.3 is 15.3 Å². The number of carboxylic acids is 1. The van der Waals surface area contributed by atoms with Gasteiger partial charge >= 0.3 is 12.0 Å². The Morgan fingerprint density at radius 3 is 2.14 bits per heavy atom. The summed E-state index contributed by atoms with van der Waals surface area (Å²) >= 11 is 0. The number of rotatable bonds is 4. The third kappa shape index (κ3) is 3.69. The number of aliphatic carboxylic acids is 1. The van der Waals surface area contributed by atoms with Gasteiger partial charge in [-0.2, -0.15) is 0 Å². The van der Waals surface area contributed by atoms with Crippen LogP contribution in [0.4, 0.5) is 4.79 Å². The Labute approximate surface area is 127 Å². The molecule has 2 fully saturated rings. The fraction of sp³-hybridized carbons (Fsp3) is 0.875. The molecule has 2 aliphatic rings. The first kappa shape index (κ1) is 16.1. The fourth-order valence-corrected chi connectivity index (χ4v) is 3.78. The molecule has 2 aliphatic carbocycles. The van der Waals surface area contributed by atoms with E-state index in [0.717, 1.165) is 38.5 Å². The first-order chi connectivity index (χ1) is 10.1. The summed E-state index contributed by atoms with van der Waals surface area (Å²) in [6, 6.07) is 0.0975. The maximum absolute atomic E-state index is 12.6. The van der Waals surface area contributed by atoms with Crippen molar-refractivity contribution in [2.75, 3.05) is 6.54 Å². The number of carbonyl (C=O) groups is 2. The summed E-state index contributed by atoms with van der Waals surface area (Å²) in [5.41, 5.74) is -1.06. The van der Waals surface area contributed by atoms with E-state index >= 15 is 0 Å². The van der Waals surface area contributed by atoms with Crippen LogP contribution in [0.2, 0.25) is 0 Å². The summed E-state index contributed by atoms with van der Waals surface area (Å²) in [4.78, 5) is 26.2. The van der Waals surface area contributed by atoms with Crippen molar-refractivity contribution in [3.63, 3.8) is 0 Å². The van der Waals surface area contributed by atoms with Crippen molar-refractivity contribution in [3.05, 3.63) is 0 Å². The van der Waals surface area contributed by atoms with E-state index in [2.05, 4.69) is 5.32 Å². The maximum atomic E-state index is 12.6. The van der Waals surface area contributed by atoms with Crippen LogP contribution in [0.3, 0.4) is 0 Å². The molecule has 0 radical (unpaired) electrons. The van der Waals surface area contributed by atoms with Crippen molar-refractivity contribution in [1.29, 1.82) is 0 Å².